The van der Waals surface area contributed by atoms with Gasteiger partial charge in [0.15, 0.2) is 0 Å². The smallest absolute Gasteiger partial charge is 0.140 e. The molecule has 0 atom stereocenters. The van der Waals surface area contributed by atoms with E-state index in [4.69, 9.17) is 0 Å². The van der Waals surface area contributed by atoms with Gasteiger partial charge in [-0.1, -0.05) is 12.2 Å². The Morgan fingerprint density at radius 2 is 2.19 bits per heavy atom. The Morgan fingerprint density at radius 3 is 3.06 bits per heavy atom. The lowest BCUT2D eigenvalue weighted by Crippen LogP contribution is -2.27. The Balaban J connectivity index is 2.12. The van der Waals surface area contributed by atoms with E-state index in [0.717, 1.165) is 36.2 Å². The number of anilines is 1. The van der Waals surface area contributed by atoms with Gasteiger partial charge in [-0.15, -0.1) is 0 Å². The molecule has 4 nitrogen and oxygen atoms in total. The van der Waals surface area contributed by atoms with Gasteiger partial charge in [-0.2, -0.15) is 0 Å². The van der Waals surface area contributed by atoms with Crippen molar-refractivity contribution in [3.05, 3.63) is 36.9 Å². The second-order valence-corrected chi connectivity index (χ2v) is 3.80. The molecule has 1 aliphatic heterocycles. The predicted octanol–water partition coefficient (Wildman–Crippen LogP) is 1.79. The fourth-order valence-corrected chi connectivity index (χ4v) is 1.98. The fourth-order valence-electron chi connectivity index (χ4n) is 1.98. The van der Waals surface area contributed by atoms with Gasteiger partial charge in [0.1, 0.15) is 12.1 Å². The molecule has 0 aromatic carbocycles. The van der Waals surface area contributed by atoms with Gasteiger partial charge in [0, 0.05) is 24.7 Å². The van der Waals surface area contributed by atoms with Gasteiger partial charge in [-0.25, -0.2) is 9.97 Å². The third-order valence-corrected chi connectivity index (χ3v) is 2.78. The summed E-state index contributed by atoms with van der Waals surface area (Å²) in [4.78, 5) is 14.9. The maximum atomic E-state index is 4.38. The van der Waals surface area contributed by atoms with Crippen LogP contribution in [-0.2, 0) is 0 Å². The average Bonchev–Trinajstić information content (AvgIpc) is 2.39. The minimum atomic E-state index is 0.905. The summed E-state index contributed by atoms with van der Waals surface area (Å²) in [5.74, 6) is 1.01. The fraction of sp³-hybridized carbons (Fsp3) is 0.250. The minimum Gasteiger partial charge on any atom is -0.352 e. The lowest BCUT2D eigenvalue weighted by molar-refractivity contribution is 0.808. The quantitative estimate of drug-likeness (QED) is 0.676. The molecule has 0 spiro atoms. The van der Waals surface area contributed by atoms with E-state index in [1.165, 1.54) is 0 Å². The first-order valence-corrected chi connectivity index (χ1v) is 5.40. The van der Waals surface area contributed by atoms with Crippen LogP contribution in [-0.4, -0.2) is 28.0 Å². The van der Waals surface area contributed by atoms with Crippen molar-refractivity contribution >= 4 is 16.7 Å². The largest absolute Gasteiger partial charge is 0.352 e. The van der Waals surface area contributed by atoms with Crippen molar-refractivity contribution < 1.29 is 0 Å². The lowest BCUT2D eigenvalue weighted by Gasteiger charge is -2.25. The van der Waals surface area contributed by atoms with Gasteiger partial charge in [0.05, 0.1) is 11.7 Å². The van der Waals surface area contributed by atoms with Gasteiger partial charge in [-0.05, 0) is 12.5 Å². The number of fused-ring (bicyclic) bond motifs is 1. The van der Waals surface area contributed by atoms with Crippen LogP contribution in [0.25, 0.3) is 10.9 Å². The predicted molar refractivity (Wildman–Crippen MR) is 63.3 cm³/mol. The van der Waals surface area contributed by atoms with Crippen LogP contribution in [0.3, 0.4) is 0 Å². The Hall–Kier alpha value is -1.97. The number of nitrogens with zero attached hydrogens (tertiary/aromatic N) is 4. The van der Waals surface area contributed by atoms with Gasteiger partial charge < -0.3 is 4.90 Å². The Labute approximate surface area is 93.7 Å². The highest BCUT2D eigenvalue weighted by molar-refractivity contribution is 5.88. The molecule has 2 aromatic rings. The van der Waals surface area contributed by atoms with E-state index in [9.17, 15) is 0 Å². The molecule has 16 heavy (non-hydrogen) atoms. The molecule has 80 valence electrons. The topological polar surface area (TPSA) is 41.9 Å². The van der Waals surface area contributed by atoms with Crippen LogP contribution in [0.2, 0.25) is 0 Å². The lowest BCUT2D eigenvalue weighted by atomic mass is 10.2. The highest BCUT2D eigenvalue weighted by Crippen LogP contribution is 2.22. The van der Waals surface area contributed by atoms with E-state index in [0.29, 0.717) is 0 Å². The summed E-state index contributed by atoms with van der Waals surface area (Å²) in [5.41, 5.74) is 0.905. The first-order valence-electron chi connectivity index (χ1n) is 5.40. The van der Waals surface area contributed by atoms with Crippen molar-refractivity contribution in [2.45, 2.75) is 6.42 Å². The van der Waals surface area contributed by atoms with Crippen LogP contribution in [0.1, 0.15) is 6.42 Å². The van der Waals surface area contributed by atoms with E-state index in [1.807, 2.05) is 6.07 Å². The number of pyridine rings is 1. The molecule has 3 heterocycles. The number of hydrogen-bond donors (Lipinski definition) is 0. The highest BCUT2D eigenvalue weighted by Gasteiger charge is 2.12. The second kappa shape index (κ2) is 3.89. The Kier molecular flexibility index (Phi) is 2.25. The van der Waals surface area contributed by atoms with Crippen molar-refractivity contribution in [2.75, 3.05) is 18.0 Å². The second-order valence-electron chi connectivity index (χ2n) is 3.80. The van der Waals surface area contributed by atoms with E-state index in [1.54, 1.807) is 18.7 Å². The molecule has 4 heteroatoms. The standard InChI is InChI=1S/C12H12N4/c1-2-6-16(7-3-1)12-10-4-5-13-8-11(10)14-9-15-12/h1-2,4-5,8-9H,3,6-7H2. The Morgan fingerprint density at radius 1 is 1.19 bits per heavy atom. The molecule has 0 saturated heterocycles. The molecular formula is C12H12N4. The summed E-state index contributed by atoms with van der Waals surface area (Å²) in [5, 5.41) is 1.08. The molecule has 0 N–H and O–H groups in total. The van der Waals surface area contributed by atoms with Crippen LogP contribution in [0.5, 0.6) is 0 Å². The van der Waals surface area contributed by atoms with Gasteiger partial charge in [0.25, 0.3) is 0 Å². The van der Waals surface area contributed by atoms with E-state index in [2.05, 4.69) is 32.0 Å². The first kappa shape index (κ1) is 9.27. The van der Waals surface area contributed by atoms with Crippen molar-refractivity contribution in [1.29, 1.82) is 0 Å². The van der Waals surface area contributed by atoms with Crippen LogP contribution in [0, 0.1) is 0 Å². The van der Waals surface area contributed by atoms with Crippen LogP contribution >= 0.6 is 0 Å². The molecule has 0 radical (unpaired) electrons. The summed E-state index contributed by atoms with van der Waals surface area (Å²) in [6.07, 6.45) is 10.6. The molecular weight excluding hydrogens is 200 g/mol. The van der Waals surface area contributed by atoms with Crippen molar-refractivity contribution in [1.82, 2.24) is 15.0 Å². The molecule has 0 saturated carbocycles. The summed E-state index contributed by atoms with van der Waals surface area (Å²) < 4.78 is 0. The van der Waals surface area contributed by atoms with Crippen LogP contribution in [0.15, 0.2) is 36.9 Å². The molecule has 1 aliphatic rings. The maximum absolute atomic E-state index is 4.38. The number of aromatic nitrogens is 3. The van der Waals surface area contributed by atoms with E-state index < -0.39 is 0 Å². The SMILES string of the molecule is C1=CCN(c2ncnc3cnccc23)CC1. The number of rotatable bonds is 1. The van der Waals surface area contributed by atoms with Crippen molar-refractivity contribution in [2.24, 2.45) is 0 Å². The summed E-state index contributed by atoms with van der Waals surface area (Å²) >= 11 is 0. The van der Waals surface area contributed by atoms with Gasteiger partial charge in [0.2, 0.25) is 0 Å². The van der Waals surface area contributed by atoms with Gasteiger partial charge in [-0.3, -0.25) is 4.98 Å². The van der Waals surface area contributed by atoms with E-state index >= 15 is 0 Å². The molecule has 0 unspecified atom stereocenters. The molecule has 0 fully saturated rings. The van der Waals surface area contributed by atoms with Crippen LogP contribution < -0.4 is 4.90 Å². The third kappa shape index (κ3) is 1.52. The average molecular weight is 212 g/mol. The van der Waals surface area contributed by atoms with Crippen molar-refractivity contribution in [3.63, 3.8) is 0 Å². The maximum Gasteiger partial charge on any atom is 0.140 e. The summed E-state index contributed by atoms with van der Waals surface area (Å²) in [6.45, 7) is 1.94. The molecule has 2 aromatic heterocycles. The van der Waals surface area contributed by atoms with Crippen molar-refractivity contribution in [3.8, 4) is 0 Å². The zero-order valence-electron chi connectivity index (χ0n) is 8.87. The molecule has 3 rings (SSSR count). The third-order valence-electron chi connectivity index (χ3n) is 2.78. The molecule has 0 aliphatic carbocycles. The first-order chi connectivity index (χ1) is 7.95. The van der Waals surface area contributed by atoms with E-state index in [-0.39, 0.29) is 0 Å². The molecule has 0 bridgehead atoms. The molecule has 0 amide bonds. The monoisotopic (exact) mass is 212 g/mol. The zero-order valence-corrected chi connectivity index (χ0v) is 8.87. The van der Waals surface area contributed by atoms with Crippen LogP contribution in [0.4, 0.5) is 5.82 Å². The normalized spacial score (nSPS) is 15.6. The minimum absolute atomic E-state index is 0.905. The summed E-state index contributed by atoms with van der Waals surface area (Å²) in [6, 6.07) is 1.98. The highest BCUT2D eigenvalue weighted by atomic mass is 15.2. The van der Waals surface area contributed by atoms with Gasteiger partial charge >= 0.3 is 0 Å². The number of hydrogen-bond acceptors (Lipinski definition) is 4. The zero-order chi connectivity index (χ0) is 10.8. The Bertz CT molecular complexity index is 530. The summed E-state index contributed by atoms with van der Waals surface area (Å²) in [7, 11) is 0.